The van der Waals surface area contributed by atoms with Crippen molar-refractivity contribution in [3.63, 3.8) is 0 Å². The summed E-state index contributed by atoms with van der Waals surface area (Å²) < 4.78 is 12.2. The highest BCUT2D eigenvalue weighted by molar-refractivity contribution is 7.99. The Morgan fingerprint density at radius 2 is 1.97 bits per heavy atom. The molecule has 2 aromatic carbocycles. The van der Waals surface area contributed by atoms with E-state index in [-0.39, 0.29) is 11.7 Å². The van der Waals surface area contributed by atoms with E-state index in [1.165, 1.54) is 24.2 Å². The van der Waals surface area contributed by atoms with E-state index in [1.807, 2.05) is 41.0 Å². The molecule has 0 aliphatic heterocycles. The molecule has 0 saturated heterocycles. The van der Waals surface area contributed by atoms with Gasteiger partial charge in [-0.2, -0.15) is 5.10 Å². The number of carbonyl (C=O) groups excluding carboxylic acids is 1. The van der Waals surface area contributed by atoms with Crippen LogP contribution in [0, 0.1) is 0 Å². The Balaban J connectivity index is 1.55. The van der Waals surface area contributed by atoms with Crippen molar-refractivity contribution < 1.29 is 13.9 Å². The minimum Gasteiger partial charge on any atom is -0.497 e. The van der Waals surface area contributed by atoms with E-state index in [2.05, 4.69) is 20.7 Å². The molecule has 2 heterocycles. The monoisotopic (exact) mass is 467 g/mol. The number of furan rings is 1. The van der Waals surface area contributed by atoms with E-state index in [0.29, 0.717) is 21.8 Å². The lowest BCUT2D eigenvalue weighted by Crippen LogP contribution is -2.19. The lowest BCUT2D eigenvalue weighted by molar-refractivity contribution is -0.118. The van der Waals surface area contributed by atoms with E-state index < -0.39 is 0 Å². The third-order valence-corrected chi connectivity index (χ3v) is 5.50. The number of halogens is 1. The number of aromatic nitrogens is 3. The zero-order valence-electron chi connectivity index (χ0n) is 16.9. The lowest BCUT2D eigenvalue weighted by atomic mass is 10.2. The lowest BCUT2D eigenvalue weighted by Gasteiger charge is -2.11. The molecule has 0 aliphatic carbocycles. The molecule has 2 aromatic heterocycles. The van der Waals surface area contributed by atoms with Crippen LogP contribution in [0.5, 0.6) is 5.75 Å². The van der Waals surface area contributed by atoms with Gasteiger partial charge in [0.05, 0.1) is 25.3 Å². The summed E-state index contributed by atoms with van der Waals surface area (Å²) >= 11 is 7.31. The van der Waals surface area contributed by atoms with Gasteiger partial charge in [0.1, 0.15) is 11.5 Å². The Kier molecular flexibility index (Phi) is 6.88. The van der Waals surface area contributed by atoms with Gasteiger partial charge in [0.25, 0.3) is 5.91 Å². The van der Waals surface area contributed by atoms with Gasteiger partial charge in [0, 0.05) is 16.3 Å². The third kappa shape index (κ3) is 5.19. The first kappa shape index (κ1) is 21.7. The number of hydrogen-bond acceptors (Lipinski definition) is 7. The summed E-state index contributed by atoms with van der Waals surface area (Å²) in [4.78, 5) is 12.2. The maximum absolute atomic E-state index is 12.2. The van der Waals surface area contributed by atoms with Crippen molar-refractivity contribution in [2.45, 2.75) is 5.16 Å². The van der Waals surface area contributed by atoms with Gasteiger partial charge in [0.15, 0.2) is 11.0 Å². The molecule has 0 fully saturated rings. The molecule has 8 nitrogen and oxygen atoms in total. The fraction of sp³-hybridized carbons (Fsp3) is 0.0909. The van der Waals surface area contributed by atoms with Crippen molar-refractivity contribution in [3.05, 3.63) is 77.7 Å². The molecule has 0 radical (unpaired) electrons. The molecule has 0 spiro atoms. The van der Waals surface area contributed by atoms with E-state index in [0.717, 1.165) is 17.0 Å². The number of methoxy groups -OCH3 is 1. The first-order chi connectivity index (χ1) is 15.6. The molecule has 0 unspecified atom stereocenters. The number of hydrazone groups is 1. The van der Waals surface area contributed by atoms with Crippen LogP contribution >= 0.6 is 23.4 Å². The summed E-state index contributed by atoms with van der Waals surface area (Å²) in [7, 11) is 1.61. The first-order valence-electron chi connectivity index (χ1n) is 9.48. The predicted molar refractivity (Wildman–Crippen MR) is 124 cm³/mol. The third-order valence-electron chi connectivity index (χ3n) is 4.32. The molecule has 32 heavy (non-hydrogen) atoms. The average molecular weight is 468 g/mol. The number of ether oxygens (including phenoxy) is 1. The van der Waals surface area contributed by atoms with E-state index >= 15 is 0 Å². The van der Waals surface area contributed by atoms with Crippen LogP contribution in [-0.2, 0) is 4.79 Å². The van der Waals surface area contributed by atoms with Gasteiger partial charge in [-0.25, -0.2) is 5.43 Å². The van der Waals surface area contributed by atoms with Crippen LogP contribution in [0.1, 0.15) is 5.76 Å². The van der Waals surface area contributed by atoms with Crippen molar-refractivity contribution in [1.82, 2.24) is 20.2 Å². The van der Waals surface area contributed by atoms with Gasteiger partial charge in [0.2, 0.25) is 0 Å². The quantitative estimate of drug-likeness (QED) is 0.234. The molecule has 162 valence electrons. The van der Waals surface area contributed by atoms with Gasteiger partial charge < -0.3 is 9.15 Å². The summed E-state index contributed by atoms with van der Waals surface area (Å²) in [5, 5.41) is 13.7. The van der Waals surface area contributed by atoms with E-state index in [9.17, 15) is 4.79 Å². The predicted octanol–water partition coefficient (Wildman–Crippen LogP) is 4.43. The summed E-state index contributed by atoms with van der Waals surface area (Å²) in [6, 6.07) is 18.3. The van der Waals surface area contributed by atoms with Crippen molar-refractivity contribution in [2.75, 3.05) is 12.9 Å². The summed E-state index contributed by atoms with van der Waals surface area (Å²) in [5.74, 6) is 1.74. The van der Waals surface area contributed by atoms with Gasteiger partial charge >= 0.3 is 0 Å². The number of carbonyl (C=O) groups is 1. The maximum Gasteiger partial charge on any atom is 0.250 e. The Bertz CT molecular complexity index is 1210. The van der Waals surface area contributed by atoms with Gasteiger partial charge in [-0.3, -0.25) is 9.36 Å². The van der Waals surface area contributed by atoms with Gasteiger partial charge in [-0.15, -0.1) is 10.2 Å². The van der Waals surface area contributed by atoms with Crippen LogP contribution in [-0.4, -0.2) is 39.7 Å². The smallest absolute Gasteiger partial charge is 0.250 e. The Morgan fingerprint density at radius 3 is 2.66 bits per heavy atom. The molecule has 1 N–H and O–H groups in total. The SMILES string of the molecule is COc1ccc(-c2nnc(SCC(=O)N/N=C\c3ccco3)n2-c2ccc(Cl)cc2)cc1. The highest BCUT2D eigenvalue weighted by Gasteiger charge is 2.17. The van der Waals surface area contributed by atoms with Crippen molar-refractivity contribution in [1.29, 1.82) is 0 Å². The summed E-state index contributed by atoms with van der Waals surface area (Å²) in [5.41, 5.74) is 4.15. The van der Waals surface area contributed by atoms with E-state index in [4.69, 9.17) is 20.8 Å². The van der Waals surface area contributed by atoms with Gasteiger partial charge in [-0.1, -0.05) is 23.4 Å². The average Bonchev–Trinajstić information content (AvgIpc) is 3.48. The van der Waals surface area contributed by atoms with Crippen molar-refractivity contribution in [2.24, 2.45) is 5.10 Å². The minimum atomic E-state index is -0.283. The maximum atomic E-state index is 12.2. The molecule has 0 atom stereocenters. The second kappa shape index (κ2) is 10.2. The van der Waals surface area contributed by atoms with Crippen LogP contribution in [0.3, 0.4) is 0 Å². The fourth-order valence-electron chi connectivity index (χ4n) is 2.81. The molecular formula is C22H18ClN5O3S. The molecular weight excluding hydrogens is 450 g/mol. The number of hydrogen-bond donors (Lipinski definition) is 1. The summed E-state index contributed by atoms with van der Waals surface area (Å²) in [6.07, 6.45) is 2.96. The number of rotatable bonds is 8. The zero-order valence-corrected chi connectivity index (χ0v) is 18.5. The molecule has 0 bridgehead atoms. The topological polar surface area (TPSA) is 94.5 Å². The normalized spacial score (nSPS) is 11.1. The van der Waals surface area contributed by atoms with Crippen LogP contribution in [0.4, 0.5) is 0 Å². The minimum absolute atomic E-state index is 0.101. The standard InChI is InChI=1S/C22H18ClN5O3S/c1-30-18-10-4-15(5-11-18)21-26-27-22(28(21)17-8-6-16(23)7-9-17)32-14-20(29)25-24-13-19-3-2-12-31-19/h2-13H,14H2,1H3,(H,25,29)/b24-13-. The second-order valence-electron chi connectivity index (χ2n) is 6.44. The fourth-order valence-corrected chi connectivity index (χ4v) is 3.68. The van der Waals surface area contributed by atoms with Crippen molar-refractivity contribution in [3.8, 4) is 22.8 Å². The molecule has 4 aromatic rings. The highest BCUT2D eigenvalue weighted by Crippen LogP contribution is 2.29. The molecule has 0 saturated carbocycles. The Morgan fingerprint density at radius 1 is 1.19 bits per heavy atom. The number of thioether (sulfide) groups is 1. The van der Waals surface area contributed by atoms with E-state index in [1.54, 1.807) is 31.4 Å². The number of amides is 1. The van der Waals surface area contributed by atoms with Crippen LogP contribution in [0.15, 0.2) is 81.6 Å². The number of nitrogens with one attached hydrogen (secondary N) is 1. The molecule has 1 amide bonds. The largest absolute Gasteiger partial charge is 0.497 e. The van der Waals surface area contributed by atoms with Gasteiger partial charge in [-0.05, 0) is 60.7 Å². The highest BCUT2D eigenvalue weighted by atomic mass is 35.5. The molecule has 10 heteroatoms. The summed E-state index contributed by atoms with van der Waals surface area (Å²) in [6.45, 7) is 0. The van der Waals surface area contributed by atoms with Crippen LogP contribution < -0.4 is 10.2 Å². The van der Waals surface area contributed by atoms with Crippen molar-refractivity contribution >= 4 is 35.5 Å². The Hall–Kier alpha value is -3.56. The Labute approximate surface area is 193 Å². The molecule has 0 aliphatic rings. The molecule has 4 rings (SSSR count). The van der Waals surface area contributed by atoms with Crippen LogP contribution in [0.2, 0.25) is 5.02 Å². The van der Waals surface area contributed by atoms with Crippen LogP contribution in [0.25, 0.3) is 17.1 Å². The zero-order chi connectivity index (χ0) is 22.3. The number of benzene rings is 2. The number of nitrogens with zero attached hydrogens (tertiary/aromatic N) is 4. The second-order valence-corrected chi connectivity index (χ2v) is 7.82. The first-order valence-corrected chi connectivity index (χ1v) is 10.8.